The summed E-state index contributed by atoms with van der Waals surface area (Å²) in [5.74, 6) is -2.52. The van der Waals surface area contributed by atoms with E-state index in [4.69, 9.17) is 21.1 Å². The van der Waals surface area contributed by atoms with E-state index in [2.05, 4.69) is 4.98 Å². The number of carboxylic acid groups (broad SMARTS) is 1. The molecule has 2 amide bonds. The first-order valence-corrected chi connectivity index (χ1v) is 14.7. The van der Waals surface area contributed by atoms with E-state index in [0.29, 0.717) is 42.3 Å². The number of carboxylic acids is 1. The lowest BCUT2D eigenvalue weighted by atomic mass is 9.96. The van der Waals surface area contributed by atoms with Crippen molar-refractivity contribution in [1.29, 1.82) is 0 Å². The van der Waals surface area contributed by atoms with Crippen LogP contribution in [0.15, 0.2) is 48.7 Å². The van der Waals surface area contributed by atoms with Crippen molar-refractivity contribution >= 4 is 35.1 Å². The third-order valence-corrected chi connectivity index (χ3v) is 8.73. The summed E-state index contributed by atoms with van der Waals surface area (Å²) in [6.45, 7) is 3.83. The zero-order valence-corrected chi connectivity index (χ0v) is 24.9. The molecule has 1 aliphatic carbocycles. The highest BCUT2D eigenvalue weighted by molar-refractivity contribution is 6.31. The Hall–Kier alpha value is -4.25. The van der Waals surface area contributed by atoms with Crippen molar-refractivity contribution < 1.29 is 37.7 Å². The van der Waals surface area contributed by atoms with Crippen LogP contribution >= 0.6 is 11.6 Å². The molecule has 12 heteroatoms. The molecule has 0 radical (unpaired) electrons. The molecule has 0 bridgehead atoms. The number of pyridine rings is 1. The summed E-state index contributed by atoms with van der Waals surface area (Å²) >= 11 is 6.17. The number of amides is 2. The van der Waals surface area contributed by atoms with E-state index < -0.39 is 34.5 Å². The van der Waals surface area contributed by atoms with Gasteiger partial charge in [-0.05, 0) is 81.5 Å². The summed E-state index contributed by atoms with van der Waals surface area (Å²) < 4.78 is 41.2. The number of carbonyl (C=O) groups is 3. The minimum atomic E-state index is -1.13. The number of aromatic nitrogens is 1. The van der Waals surface area contributed by atoms with E-state index in [9.17, 15) is 23.9 Å². The first kappa shape index (κ1) is 29.8. The number of aliphatic carboxylic acids is 1. The number of hydrogen-bond acceptors (Lipinski definition) is 6. The molecule has 2 aliphatic heterocycles. The second-order valence-corrected chi connectivity index (χ2v) is 12.4. The van der Waals surface area contributed by atoms with Crippen LogP contribution in [0.5, 0.6) is 11.6 Å². The Bertz CT molecular complexity index is 1670. The van der Waals surface area contributed by atoms with Gasteiger partial charge in [-0.15, -0.1) is 0 Å². The maximum absolute atomic E-state index is 15.4. The lowest BCUT2D eigenvalue weighted by molar-refractivity contribution is -0.144. The quantitative estimate of drug-likeness (QED) is 0.357. The maximum atomic E-state index is 15.4. The van der Waals surface area contributed by atoms with Gasteiger partial charge in [0.05, 0.1) is 10.6 Å². The predicted molar refractivity (Wildman–Crippen MR) is 157 cm³/mol. The monoisotopic (exact) mass is 625 g/mol. The Morgan fingerprint density at radius 2 is 1.84 bits per heavy atom. The number of anilines is 1. The molecule has 0 atom stereocenters. The number of likely N-dealkylation sites (tertiary alicyclic amines) is 1. The molecule has 1 N–H and O–H groups in total. The third kappa shape index (κ3) is 5.45. The smallest absolute Gasteiger partial charge is 0.313 e. The zero-order chi connectivity index (χ0) is 31.4. The predicted octanol–water partition coefficient (Wildman–Crippen LogP) is 5.73. The molecule has 2 fully saturated rings. The molecule has 1 saturated heterocycles. The lowest BCUT2D eigenvalue weighted by Crippen LogP contribution is -2.58. The van der Waals surface area contributed by atoms with Gasteiger partial charge in [-0.1, -0.05) is 17.7 Å². The molecule has 1 aromatic heterocycles. The largest absolute Gasteiger partial charge is 0.492 e. The summed E-state index contributed by atoms with van der Waals surface area (Å²) in [5.41, 5.74) is -1.22. The molecule has 1 saturated carbocycles. The molecule has 2 aromatic carbocycles. The van der Waals surface area contributed by atoms with Crippen molar-refractivity contribution in [2.45, 2.75) is 51.2 Å². The van der Waals surface area contributed by atoms with E-state index >= 15 is 4.39 Å². The van der Waals surface area contributed by atoms with E-state index in [1.165, 1.54) is 36.5 Å². The Labute approximate surface area is 257 Å². The molecule has 6 rings (SSSR count). The maximum Gasteiger partial charge on any atom is 0.313 e. The van der Waals surface area contributed by atoms with Gasteiger partial charge in [0.2, 0.25) is 5.88 Å². The fraction of sp³-hybridized carbons (Fsp3) is 0.375. The molecule has 9 nitrogen and oxygen atoms in total. The molecule has 230 valence electrons. The van der Waals surface area contributed by atoms with Crippen LogP contribution in [0.3, 0.4) is 0 Å². The SMILES string of the molecule is CC1(C)Oc2ncc(Cl)cc2N(C2CCN(C(=O)c3ccc(-c4cc(F)ccc4OCC4(C(=O)O)CC4)cc3F)CC2)C1=O. The highest BCUT2D eigenvalue weighted by Gasteiger charge is 2.51. The van der Waals surface area contributed by atoms with Crippen molar-refractivity contribution in [3.05, 3.63) is 70.9 Å². The number of ether oxygens (including phenoxy) is 2. The Morgan fingerprint density at radius 3 is 2.50 bits per heavy atom. The minimum Gasteiger partial charge on any atom is -0.492 e. The average Bonchev–Trinajstić information content (AvgIpc) is 3.79. The number of nitrogens with zero attached hydrogens (tertiary/aromatic N) is 3. The molecular formula is C32H30ClF2N3O6. The van der Waals surface area contributed by atoms with Crippen molar-refractivity contribution in [1.82, 2.24) is 9.88 Å². The molecular weight excluding hydrogens is 596 g/mol. The first-order valence-electron chi connectivity index (χ1n) is 14.3. The van der Waals surface area contributed by atoms with E-state index in [1.807, 2.05) is 0 Å². The van der Waals surface area contributed by atoms with Crippen LogP contribution in [0.1, 0.15) is 49.9 Å². The molecule has 3 heterocycles. The highest BCUT2D eigenvalue weighted by atomic mass is 35.5. The number of carbonyl (C=O) groups excluding carboxylic acids is 2. The van der Waals surface area contributed by atoms with Gasteiger partial charge in [0, 0.05) is 30.9 Å². The summed E-state index contributed by atoms with van der Waals surface area (Å²) in [5, 5.41) is 9.81. The van der Waals surface area contributed by atoms with Crippen molar-refractivity contribution in [3.8, 4) is 22.8 Å². The number of benzene rings is 2. The number of halogens is 3. The topological polar surface area (TPSA) is 109 Å². The van der Waals surface area contributed by atoms with Gasteiger partial charge in [-0.25, -0.2) is 13.8 Å². The van der Waals surface area contributed by atoms with Crippen molar-refractivity contribution in [2.75, 3.05) is 24.6 Å². The van der Waals surface area contributed by atoms with Crippen molar-refractivity contribution in [2.24, 2.45) is 5.41 Å². The Kier molecular flexibility index (Phi) is 7.47. The van der Waals surface area contributed by atoms with Gasteiger partial charge in [0.1, 0.15) is 35.1 Å². The number of hydrogen-bond donors (Lipinski definition) is 1. The van der Waals surface area contributed by atoms with Gasteiger partial charge in [-0.2, -0.15) is 0 Å². The zero-order valence-electron chi connectivity index (χ0n) is 24.1. The van der Waals surface area contributed by atoms with Gasteiger partial charge in [0.15, 0.2) is 5.60 Å². The van der Waals surface area contributed by atoms with Gasteiger partial charge >= 0.3 is 5.97 Å². The van der Waals surface area contributed by atoms with Crippen LogP contribution < -0.4 is 14.4 Å². The first-order chi connectivity index (χ1) is 20.9. The van der Waals surface area contributed by atoms with Crippen LogP contribution in [-0.4, -0.2) is 64.1 Å². The van der Waals surface area contributed by atoms with Crippen molar-refractivity contribution in [3.63, 3.8) is 0 Å². The van der Waals surface area contributed by atoms with Crippen LogP contribution in [0.2, 0.25) is 5.02 Å². The fourth-order valence-corrected chi connectivity index (χ4v) is 5.86. The molecule has 0 spiro atoms. The summed E-state index contributed by atoms with van der Waals surface area (Å²) in [4.78, 5) is 45.7. The third-order valence-electron chi connectivity index (χ3n) is 8.52. The van der Waals surface area contributed by atoms with Gasteiger partial charge in [0.25, 0.3) is 11.8 Å². The summed E-state index contributed by atoms with van der Waals surface area (Å²) in [7, 11) is 0. The Balaban J connectivity index is 1.17. The van der Waals surface area contributed by atoms with Crippen LogP contribution in [0.25, 0.3) is 11.1 Å². The number of rotatable bonds is 7. The van der Waals surface area contributed by atoms with E-state index in [0.717, 1.165) is 6.07 Å². The second-order valence-electron chi connectivity index (χ2n) is 12.0. The second kappa shape index (κ2) is 11.0. The normalized spacial score (nSPS) is 18.8. The van der Waals surface area contributed by atoms with Gasteiger partial charge < -0.3 is 24.4 Å². The number of fused-ring (bicyclic) bond motifs is 1. The fourth-order valence-electron chi connectivity index (χ4n) is 5.71. The average molecular weight is 626 g/mol. The molecule has 3 aromatic rings. The standard InChI is InChI=1S/C32H30ClF2N3O6/c1-31(2)29(40)38(25-14-19(33)16-36-27(25)44-31)21-7-11-37(12-8-21)28(39)22-5-3-18(13-24(22)35)23-15-20(34)4-6-26(23)43-17-32(9-10-32)30(41)42/h3-6,13-16,21H,7-12,17H2,1-2H3,(H,41,42). The summed E-state index contributed by atoms with van der Waals surface area (Å²) in [6.07, 6.45) is 3.32. The lowest BCUT2D eigenvalue weighted by Gasteiger charge is -2.44. The molecule has 3 aliphatic rings. The van der Waals surface area contributed by atoms with E-state index in [1.54, 1.807) is 29.7 Å². The Morgan fingerprint density at radius 1 is 1.11 bits per heavy atom. The van der Waals surface area contributed by atoms with Gasteiger partial charge in [-0.3, -0.25) is 14.4 Å². The van der Waals surface area contributed by atoms with Crippen LogP contribution in [0, 0.1) is 17.0 Å². The number of piperidine rings is 1. The summed E-state index contributed by atoms with van der Waals surface area (Å²) in [6, 6.07) is 9.15. The highest BCUT2D eigenvalue weighted by Crippen LogP contribution is 2.47. The minimum absolute atomic E-state index is 0.0847. The van der Waals surface area contributed by atoms with E-state index in [-0.39, 0.29) is 54.1 Å². The van der Waals surface area contributed by atoms with Crippen LogP contribution in [0.4, 0.5) is 14.5 Å². The molecule has 0 unspecified atom stereocenters. The molecule has 44 heavy (non-hydrogen) atoms. The van der Waals surface area contributed by atoms with Crippen LogP contribution in [-0.2, 0) is 9.59 Å².